The Kier molecular flexibility index (Phi) is 5.44. The molecule has 0 saturated carbocycles. The van der Waals surface area contributed by atoms with E-state index < -0.39 is 17.3 Å². The van der Waals surface area contributed by atoms with E-state index in [1.54, 1.807) is 7.11 Å². The molecule has 1 amide bonds. The molecule has 0 aromatic heterocycles. The van der Waals surface area contributed by atoms with Crippen LogP contribution in [-0.4, -0.2) is 30.2 Å². The SMILES string of the molecule is COC(C)CCC(=O)Nc1ccc(C(=O)O)c(F)c1. The Morgan fingerprint density at radius 2 is 2.16 bits per heavy atom. The van der Waals surface area contributed by atoms with E-state index in [0.29, 0.717) is 6.42 Å². The molecule has 0 fully saturated rings. The van der Waals surface area contributed by atoms with E-state index in [4.69, 9.17) is 9.84 Å². The highest BCUT2D eigenvalue weighted by atomic mass is 19.1. The Balaban J connectivity index is 2.60. The summed E-state index contributed by atoms with van der Waals surface area (Å²) in [6.45, 7) is 1.84. The van der Waals surface area contributed by atoms with Gasteiger partial charge in [0.25, 0.3) is 0 Å². The second-order valence-corrected chi connectivity index (χ2v) is 4.13. The lowest BCUT2D eigenvalue weighted by atomic mass is 10.1. The highest BCUT2D eigenvalue weighted by molar-refractivity contribution is 5.92. The average molecular weight is 269 g/mol. The fraction of sp³-hybridized carbons (Fsp3) is 0.385. The van der Waals surface area contributed by atoms with Crippen LogP contribution in [0.5, 0.6) is 0 Å². The highest BCUT2D eigenvalue weighted by Crippen LogP contribution is 2.15. The van der Waals surface area contributed by atoms with Crippen LogP contribution in [0.1, 0.15) is 30.1 Å². The summed E-state index contributed by atoms with van der Waals surface area (Å²) < 4.78 is 18.4. The Labute approximate surface area is 110 Å². The molecule has 5 nitrogen and oxygen atoms in total. The van der Waals surface area contributed by atoms with Crippen molar-refractivity contribution in [3.8, 4) is 0 Å². The molecule has 0 aliphatic rings. The molecule has 19 heavy (non-hydrogen) atoms. The van der Waals surface area contributed by atoms with Crippen molar-refractivity contribution in [1.82, 2.24) is 0 Å². The zero-order chi connectivity index (χ0) is 14.4. The predicted molar refractivity (Wildman–Crippen MR) is 67.7 cm³/mol. The Morgan fingerprint density at radius 3 is 2.68 bits per heavy atom. The molecular formula is C13H16FNO4. The van der Waals surface area contributed by atoms with Crippen molar-refractivity contribution in [3.05, 3.63) is 29.6 Å². The number of aromatic carboxylic acids is 1. The molecule has 0 heterocycles. The van der Waals surface area contributed by atoms with Crippen LogP contribution in [0.15, 0.2) is 18.2 Å². The normalized spacial score (nSPS) is 11.9. The van der Waals surface area contributed by atoms with Crippen molar-refractivity contribution in [2.75, 3.05) is 12.4 Å². The van der Waals surface area contributed by atoms with Gasteiger partial charge < -0.3 is 15.2 Å². The van der Waals surface area contributed by atoms with E-state index in [-0.39, 0.29) is 24.1 Å². The summed E-state index contributed by atoms with van der Waals surface area (Å²) in [5.74, 6) is -2.49. The number of carboxylic acid groups (broad SMARTS) is 1. The van der Waals surface area contributed by atoms with Gasteiger partial charge >= 0.3 is 5.97 Å². The number of hydrogen-bond donors (Lipinski definition) is 2. The van der Waals surface area contributed by atoms with Gasteiger partial charge in [-0.3, -0.25) is 4.79 Å². The van der Waals surface area contributed by atoms with Crippen LogP contribution in [0.4, 0.5) is 10.1 Å². The maximum absolute atomic E-state index is 13.4. The van der Waals surface area contributed by atoms with Gasteiger partial charge in [0.1, 0.15) is 5.82 Å². The number of hydrogen-bond acceptors (Lipinski definition) is 3. The lowest BCUT2D eigenvalue weighted by Gasteiger charge is -2.09. The van der Waals surface area contributed by atoms with E-state index >= 15 is 0 Å². The van der Waals surface area contributed by atoms with Crippen LogP contribution in [0.3, 0.4) is 0 Å². The number of rotatable bonds is 6. The number of anilines is 1. The second kappa shape index (κ2) is 6.84. The minimum atomic E-state index is -1.34. The van der Waals surface area contributed by atoms with Crippen molar-refractivity contribution in [2.45, 2.75) is 25.9 Å². The maximum atomic E-state index is 13.4. The number of amides is 1. The number of carboxylic acids is 1. The lowest BCUT2D eigenvalue weighted by Crippen LogP contribution is -2.15. The van der Waals surface area contributed by atoms with Crippen molar-refractivity contribution < 1.29 is 23.8 Å². The summed E-state index contributed by atoms with van der Waals surface area (Å²) in [5, 5.41) is 11.2. The first-order chi connectivity index (χ1) is 8.93. The number of benzene rings is 1. The summed E-state index contributed by atoms with van der Waals surface area (Å²) >= 11 is 0. The van der Waals surface area contributed by atoms with Crippen LogP contribution in [0.25, 0.3) is 0 Å². The molecule has 2 N–H and O–H groups in total. The largest absolute Gasteiger partial charge is 0.478 e. The van der Waals surface area contributed by atoms with Gasteiger partial charge in [0, 0.05) is 19.2 Å². The highest BCUT2D eigenvalue weighted by Gasteiger charge is 2.12. The third-order valence-electron chi connectivity index (χ3n) is 2.66. The van der Waals surface area contributed by atoms with Crippen molar-refractivity contribution >= 4 is 17.6 Å². The zero-order valence-electron chi connectivity index (χ0n) is 10.8. The van der Waals surface area contributed by atoms with Gasteiger partial charge in [-0.2, -0.15) is 0 Å². The molecule has 1 aromatic rings. The van der Waals surface area contributed by atoms with E-state index in [9.17, 15) is 14.0 Å². The molecule has 0 aliphatic carbocycles. The Bertz CT molecular complexity index is 476. The molecule has 1 rings (SSSR count). The number of carbonyl (C=O) groups is 2. The van der Waals surface area contributed by atoms with Gasteiger partial charge in [-0.15, -0.1) is 0 Å². The minimum absolute atomic E-state index is 0.0307. The predicted octanol–water partition coefficient (Wildman–Crippen LogP) is 2.28. The number of methoxy groups -OCH3 is 1. The Hall–Kier alpha value is -1.95. The van der Waals surface area contributed by atoms with E-state index in [2.05, 4.69) is 5.32 Å². The van der Waals surface area contributed by atoms with Gasteiger partial charge in [-0.1, -0.05) is 0 Å². The fourth-order valence-corrected chi connectivity index (χ4v) is 1.44. The molecule has 0 radical (unpaired) electrons. The number of nitrogens with one attached hydrogen (secondary N) is 1. The van der Waals surface area contributed by atoms with Crippen LogP contribution in [0.2, 0.25) is 0 Å². The standard InChI is InChI=1S/C13H16FNO4/c1-8(19-2)3-6-12(16)15-9-4-5-10(13(17)18)11(14)7-9/h4-5,7-8H,3,6H2,1-2H3,(H,15,16)(H,17,18). The molecule has 0 bridgehead atoms. The molecule has 6 heteroatoms. The molecule has 0 aliphatic heterocycles. The maximum Gasteiger partial charge on any atom is 0.338 e. The van der Waals surface area contributed by atoms with Gasteiger partial charge in [0.2, 0.25) is 5.91 Å². The average Bonchev–Trinajstić information content (AvgIpc) is 2.35. The van der Waals surface area contributed by atoms with Crippen LogP contribution in [-0.2, 0) is 9.53 Å². The first-order valence-corrected chi connectivity index (χ1v) is 5.79. The molecule has 1 unspecified atom stereocenters. The zero-order valence-corrected chi connectivity index (χ0v) is 10.8. The quantitative estimate of drug-likeness (QED) is 0.830. The third-order valence-corrected chi connectivity index (χ3v) is 2.66. The lowest BCUT2D eigenvalue weighted by molar-refractivity contribution is -0.116. The molecular weight excluding hydrogens is 253 g/mol. The van der Waals surface area contributed by atoms with Gasteiger partial charge in [0.15, 0.2) is 0 Å². The van der Waals surface area contributed by atoms with Gasteiger partial charge in [-0.05, 0) is 31.5 Å². The van der Waals surface area contributed by atoms with E-state index in [0.717, 1.165) is 12.1 Å². The minimum Gasteiger partial charge on any atom is -0.478 e. The van der Waals surface area contributed by atoms with Crippen molar-refractivity contribution in [2.24, 2.45) is 0 Å². The summed E-state index contributed by atoms with van der Waals surface area (Å²) in [6.07, 6.45) is 0.770. The molecule has 0 spiro atoms. The number of carbonyl (C=O) groups excluding carboxylic acids is 1. The first-order valence-electron chi connectivity index (χ1n) is 5.79. The molecule has 1 aromatic carbocycles. The summed E-state index contributed by atoms with van der Waals surface area (Å²) in [7, 11) is 1.56. The number of halogens is 1. The fourth-order valence-electron chi connectivity index (χ4n) is 1.44. The molecule has 0 saturated heterocycles. The molecule has 1 atom stereocenters. The van der Waals surface area contributed by atoms with E-state index in [1.807, 2.05) is 6.92 Å². The molecule has 104 valence electrons. The summed E-state index contributed by atoms with van der Waals surface area (Å²) in [4.78, 5) is 22.2. The first kappa shape index (κ1) is 15.1. The van der Waals surface area contributed by atoms with Crippen LogP contribution < -0.4 is 5.32 Å². The monoisotopic (exact) mass is 269 g/mol. The van der Waals surface area contributed by atoms with Crippen molar-refractivity contribution in [3.63, 3.8) is 0 Å². The van der Waals surface area contributed by atoms with E-state index in [1.165, 1.54) is 6.07 Å². The third kappa shape index (κ3) is 4.67. The number of ether oxygens (including phenoxy) is 1. The smallest absolute Gasteiger partial charge is 0.338 e. The van der Waals surface area contributed by atoms with Crippen LogP contribution in [0, 0.1) is 5.82 Å². The van der Waals surface area contributed by atoms with Gasteiger partial charge in [0.05, 0.1) is 11.7 Å². The second-order valence-electron chi connectivity index (χ2n) is 4.13. The summed E-state index contributed by atoms with van der Waals surface area (Å²) in [5.41, 5.74) is -0.191. The van der Waals surface area contributed by atoms with Crippen LogP contribution >= 0.6 is 0 Å². The summed E-state index contributed by atoms with van der Waals surface area (Å²) in [6, 6.07) is 3.45. The van der Waals surface area contributed by atoms with Gasteiger partial charge in [-0.25, -0.2) is 9.18 Å². The topological polar surface area (TPSA) is 75.6 Å². The van der Waals surface area contributed by atoms with Crippen molar-refractivity contribution in [1.29, 1.82) is 0 Å². The Morgan fingerprint density at radius 1 is 1.47 bits per heavy atom.